The summed E-state index contributed by atoms with van der Waals surface area (Å²) >= 11 is 0. The Kier molecular flexibility index (Phi) is 35.8. The molecule has 4 unspecified atom stereocenters. The van der Waals surface area contributed by atoms with Gasteiger partial charge >= 0.3 is 11.9 Å². The molecular weight excluding hydrogens is 1050 g/mol. The Hall–Kier alpha value is -5.23. The SMILES string of the molecule is COCCOCCOCCOCCOCCOCCOCCOCCOCCOCCOCCOc1ccc(CC(C(=O)NCCCCc2ccc(COC(=O)CN)c(OC3CC(O)CC(C(=O)O)O3)c2)N2C(=O)C=CC2=O)cc1. The first-order valence-corrected chi connectivity index (χ1v) is 27.1. The molecule has 1 fully saturated rings. The number of aryl methyl sites for hydroxylation is 1. The molecule has 4 atom stereocenters. The maximum absolute atomic E-state index is 13.6. The molecule has 3 amide bonds. The Morgan fingerprint density at radius 1 is 0.650 bits per heavy atom. The monoisotopic (exact) mass is 1140 g/mol. The van der Waals surface area contributed by atoms with Crippen LogP contribution < -0.4 is 20.5 Å². The van der Waals surface area contributed by atoms with E-state index < -0.39 is 54.2 Å². The molecule has 2 aromatic rings. The number of carbonyl (C=O) groups excluding carboxylic acids is 4. The van der Waals surface area contributed by atoms with E-state index in [1.807, 2.05) is 6.07 Å². The summed E-state index contributed by atoms with van der Waals surface area (Å²) in [6.45, 7) is 9.85. The number of nitrogens with one attached hydrogen (secondary N) is 1. The van der Waals surface area contributed by atoms with Crippen molar-refractivity contribution in [2.45, 2.75) is 69.7 Å². The summed E-state index contributed by atoms with van der Waals surface area (Å²) in [5.41, 5.74) is 7.40. The molecule has 80 heavy (non-hydrogen) atoms. The van der Waals surface area contributed by atoms with Crippen molar-refractivity contribution in [3.63, 3.8) is 0 Å². The number of aliphatic hydroxyl groups excluding tert-OH is 1. The average Bonchev–Trinajstić information content (AvgIpc) is 3.79. The van der Waals surface area contributed by atoms with Crippen molar-refractivity contribution in [3.8, 4) is 11.5 Å². The number of imide groups is 1. The molecule has 2 aliphatic rings. The Bertz CT molecular complexity index is 2050. The molecule has 450 valence electrons. The van der Waals surface area contributed by atoms with Gasteiger partial charge in [-0.1, -0.05) is 24.3 Å². The highest BCUT2D eigenvalue weighted by atomic mass is 16.7. The number of rotatable bonds is 49. The number of carboxylic acids is 1. The minimum Gasteiger partial charge on any atom is -0.491 e. The summed E-state index contributed by atoms with van der Waals surface area (Å²) in [6.07, 6.45) is 0.752. The van der Waals surface area contributed by atoms with Gasteiger partial charge in [0.15, 0.2) is 6.10 Å². The lowest BCUT2D eigenvalue weighted by molar-refractivity contribution is -0.195. The average molecular weight is 1140 g/mol. The fourth-order valence-corrected chi connectivity index (χ4v) is 7.63. The van der Waals surface area contributed by atoms with Gasteiger partial charge in [-0.05, 0) is 48.6 Å². The normalized spacial score (nSPS) is 16.5. The number of nitrogens with two attached hydrogens (primary N) is 1. The molecule has 2 aromatic carbocycles. The maximum atomic E-state index is 13.6. The number of methoxy groups -OCH3 is 1. The van der Waals surface area contributed by atoms with Crippen LogP contribution in [0.4, 0.5) is 0 Å². The van der Waals surface area contributed by atoms with E-state index in [1.54, 1.807) is 43.5 Å². The molecule has 1 saturated heterocycles. The van der Waals surface area contributed by atoms with Crippen LogP contribution in [0.3, 0.4) is 0 Å². The lowest BCUT2D eigenvalue weighted by Gasteiger charge is -2.31. The van der Waals surface area contributed by atoms with Crippen molar-refractivity contribution < 1.29 is 105 Å². The molecule has 0 saturated carbocycles. The Balaban J connectivity index is 0.992. The zero-order valence-corrected chi connectivity index (χ0v) is 46.0. The van der Waals surface area contributed by atoms with Gasteiger partial charge in [0.25, 0.3) is 11.8 Å². The van der Waals surface area contributed by atoms with Gasteiger partial charge < -0.3 is 92.3 Å². The van der Waals surface area contributed by atoms with E-state index in [-0.39, 0.29) is 51.3 Å². The van der Waals surface area contributed by atoms with Crippen LogP contribution in [0.1, 0.15) is 42.4 Å². The number of carboxylic acid groups (broad SMARTS) is 1. The number of hydrogen-bond acceptors (Lipinski definition) is 22. The van der Waals surface area contributed by atoms with Crippen molar-refractivity contribution in [1.29, 1.82) is 0 Å². The van der Waals surface area contributed by atoms with Crippen molar-refractivity contribution in [1.82, 2.24) is 10.2 Å². The lowest BCUT2D eigenvalue weighted by Crippen LogP contribution is -2.51. The number of esters is 1. The second kappa shape index (κ2) is 42.6. The Morgan fingerprint density at radius 3 is 1.60 bits per heavy atom. The van der Waals surface area contributed by atoms with Crippen molar-refractivity contribution in [2.24, 2.45) is 5.73 Å². The third-order valence-corrected chi connectivity index (χ3v) is 11.8. The molecule has 0 aliphatic carbocycles. The van der Waals surface area contributed by atoms with Gasteiger partial charge in [-0.2, -0.15) is 0 Å². The van der Waals surface area contributed by atoms with Crippen LogP contribution in [0.2, 0.25) is 0 Å². The topological polar surface area (TPSA) is 306 Å². The number of hydrogen-bond donors (Lipinski definition) is 4. The number of carbonyl (C=O) groups is 5. The quantitative estimate of drug-likeness (QED) is 0.0411. The van der Waals surface area contributed by atoms with E-state index in [2.05, 4.69) is 5.32 Å². The third-order valence-electron chi connectivity index (χ3n) is 11.8. The minimum atomic E-state index is -1.25. The number of aliphatic hydroxyl groups is 1. The number of benzene rings is 2. The molecule has 0 radical (unpaired) electrons. The molecule has 4 rings (SSSR count). The summed E-state index contributed by atoms with van der Waals surface area (Å²) in [7, 11) is 1.63. The largest absolute Gasteiger partial charge is 0.491 e. The van der Waals surface area contributed by atoms with Crippen LogP contribution in [0, 0.1) is 0 Å². The predicted molar refractivity (Wildman–Crippen MR) is 284 cm³/mol. The van der Waals surface area contributed by atoms with Crippen LogP contribution >= 0.6 is 0 Å². The van der Waals surface area contributed by atoms with E-state index in [1.165, 1.54) is 0 Å². The second-order valence-corrected chi connectivity index (χ2v) is 17.9. The molecule has 0 aromatic heterocycles. The van der Waals surface area contributed by atoms with Crippen molar-refractivity contribution >= 4 is 29.7 Å². The minimum absolute atomic E-state index is 0.0365. The fourth-order valence-electron chi connectivity index (χ4n) is 7.63. The lowest BCUT2D eigenvalue weighted by atomic mass is 10.0. The second-order valence-electron chi connectivity index (χ2n) is 17.9. The van der Waals surface area contributed by atoms with Crippen LogP contribution in [0.5, 0.6) is 11.5 Å². The molecule has 2 aliphatic heterocycles. The van der Waals surface area contributed by atoms with Crippen LogP contribution in [-0.4, -0.2) is 235 Å². The number of unbranched alkanes of at least 4 members (excludes halogenated alkanes) is 1. The standard InChI is InChI=1S/C55H83N3O22/c1-66-14-15-67-16-17-68-18-19-69-20-21-70-22-23-71-24-25-72-26-27-73-28-29-74-30-31-75-32-33-76-34-35-77-46-9-6-43(7-10-46)36-47(58-50(60)11-12-51(58)61)54(63)57-13-3-2-4-42-5-8-44(41-78-52(62)40-56)48(37-42)79-53-39-45(59)38-49(80-53)55(64)65/h5-12,37,45,47,49,53,59H,2-4,13-36,38-41,56H2,1H3,(H,57,63)(H,64,65). The van der Waals surface area contributed by atoms with Gasteiger partial charge in [0.1, 0.15) is 30.8 Å². The van der Waals surface area contributed by atoms with Crippen molar-refractivity contribution in [2.75, 3.05) is 166 Å². The first-order chi connectivity index (χ1) is 39.1. The van der Waals surface area contributed by atoms with E-state index in [9.17, 15) is 34.2 Å². The number of nitrogens with zero attached hydrogens (tertiary/aromatic N) is 1. The zero-order valence-electron chi connectivity index (χ0n) is 46.0. The Labute approximate surface area is 467 Å². The zero-order chi connectivity index (χ0) is 57.3. The van der Waals surface area contributed by atoms with Crippen molar-refractivity contribution in [3.05, 3.63) is 71.3 Å². The molecule has 2 heterocycles. The fraction of sp³-hybridized carbons (Fsp3) is 0.655. The molecule has 25 heteroatoms. The highest BCUT2D eigenvalue weighted by Gasteiger charge is 2.36. The third kappa shape index (κ3) is 29.5. The predicted octanol–water partition coefficient (Wildman–Crippen LogP) is 1.18. The number of aliphatic carboxylic acids is 1. The van der Waals surface area contributed by atoms with Gasteiger partial charge in [0, 0.05) is 50.6 Å². The highest BCUT2D eigenvalue weighted by molar-refractivity contribution is 6.15. The van der Waals surface area contributed by atoms with E-state index in [0.29, 0.717) is 175 Å². The first kappa shape index (κ1) is 67.3. The van der Waals surface area contributed by atoms with E-state index >= 15 is 0 Å². The van der Waals surface area contributed by atoms with Gasteiger partial charge in [0.05, 0.1) is 151 Å². The smallest absolute Gasteiger partial charge is 0.333 e. The molecule has 5 N–H and O–H groups in total. The highest BCUT2D eigenvalue weighted by Crippen LogP contribution is 2.28. The summed E-state index contributed by atoms with van der Waals surface area (Å²) in [4.78, 5) is 63.4. The number of ether oxygens (including phenoxy) is 15. The molecular formula is C55H83N3O22. The van der Waals surface area contributed by atoms with Gasteiger partial charge in [-0.15, -0.1) is 0 Å². The molecule has 25 nitrogen and oxygen atoms in total. The summed E-state index contributed by atoms with van der Waals surface area (Å²) < 4.78 is 82.4. The van der Waals surface area contributed by atoms with E-state index in [0.717, 1.165) is 22.6 Å². The van der Waals surface area contributed by atoms with Gasteiger partial charge in [-0.25, -0.2) is 4.79 Å². The Morgan fingerprint density at radius 2 is 1.12 bits per heavy atom. The van der Waals surface area contributed by atoms with Gasteiger partial charge in [-0.3, -0.25) is 24.1 Å². The first-order valence-electron chi connectivity index (χ1n) is 27.1. The molecule has 0 bridgehead atoms. The summed E-state index contributed by atoms with van der Waals surface area (Å²) in [5.74, 6) is -2.63. The van der Waals surface area contributed by atoms with E-state index in [4.69, 9.17) is 76.8 Å². The number of amides is 3. The van der Waals surface area contributed by atoms with Crippen LogP contribution in [0.25, 0.3) is 0 Å². The molecule has 0 spiro atoms. The maximum Gasteiger partial charge on any atom is 0.333 e. The summed E-state index contributed by atoms with van der Waals surface area (Å²) in [6, 6.07) is 11.2. The van der Waals surface area contributed by atoms with Crippen LogP contribution in [-0.2, 0) is 105 Å². The summed E-state index contributed by atoms with van der Waals surface area (Å²) in [5, 5.41) is 22.6. The van der Waals surface area contributed by atoms with Gasteiger partial charge in [0.2, 0.25) is 12.2 Å². The van der Waals surface area contributed by atoms with Crippen LogP contribution in [0.15, 0.2) is 54.6 Å².